The molecule has 0 spiro atoms. The van der Waals surface area contributed by atoms with Crippen LogP contribution in [0, 0.1) is 20.8 Å². The van der Waals surface area contributed by atoms with Crippen molar-refractivity contribution in [2.45, 2.75) is 27.2 Å². The Morgan fingerprint density at radius 1 is 0.742 bits per heavy atom. The van der Waals surface area contributed by atoms with E-state index in [1.807, 2.05) is 66.1 Å². The van der Waals surface area contributed by atoms with E-state index in [1.165, 1.54) is 5.56 Å². The molecule has 1 saturated heterocycles. The number of benzene rings is 2. The highest BCUT2D eigenvalue weighted by molar-refractivity contribution is 5.96. The van der Waals surface area contributed by atoms with Crippen LogP contribution >= 0.6 is 0 Å². The third-order valence-electron chi connectivity index (χ3n) is 6.01. The fourth-order valence-corrected chi connectivity index (χ4v) is 4.40. The molecule has 0 N–H and O–H groups in total. The van der Waals surface area contributed by atoms with Gasteiger partial charge in [-0.25, -0.2) is 0 Å². The monoisotopic (exact) mass is 415 g/mol. The molecule has 0 bridgehead atoms. The molecule has 0 saturated carbocycles. The molecule has 1 aliphatic heterocycles. The number of carbonyl (C=O) groups excluding carboxylic acids is 2. The molecule has 5 heteroatoms. The molecule has 160 valence electrons. The van der Waals surface area contributed by atoms with E-state index in [0.29, 0.717) is 31.7 Å². The Kier molecular flexibility index (Phi) is 5.94. The van der Waals surface area contributed by atoms with Gasteiger partial charge in [0.15, 0.2) is 0 Å². The summed E-state index contributed by atoms with van der Waals surface area (Å²) >= 11 is 0. The average molecular weight is 416 g/mol. The van der Waals surface area contributed by atoms with Gasteiger partial charge in [-0.05, 0) is 63.1 Å². The SMILES string of the molecule is Cc1cccc(-n2c(C)cc(C(=O)N3CCCN(C(=O)c4ccccc4)CC3)c2C)c1. The van der Waals surface area contributed by atoms with Crippen LogP contribution < -0.4 is 0 Å². The summed E-state index contributed by atoms with van der Waals surface area (Å²) in [5.74, 6) is 0.0773. The molecule has 2 aromatic carbocycles. The van der Waals surface area contributed by atoms with Crippen LogP contribution in [0.15, 0.2) is 60.7 Å². The predicted molar refractivity (Wildman–Crippen MR) is 123 cm³/mol. The lowest BCUT2D eigenvalue weighted by atomic mass is 10.2. The number of carbonyl (C=O) groups is 2. The van der Waals surface area contributed by atoms with Crippen molar-refractivity contribution in [1.82, 2.24) is 14.4 Å². The van der Waals surface area contributed by atoms with E-state index in [9.17, 15) is 9.59 Å². The topological polar surface area (TPSA) is 45.6 Å². The Morgan fingerprint density at radius 3 is 2.10 bits per heavy atom. The standard InChI is InChI=1S/C26H29N3O2/c1-19-9-7-12-23(17-19)29-20(2)18-24(21(29)3)26(31)28-14-8-13-27(15-16-28)25(30)22-10-5-4-6-11-22/h4-7,9-12,17-18H,8,13-16H2,1-3H3. The number of amides is 2. The Morgan fingerprint density at radius 2 is 1.42 bits per heavy atom. The van der Waals surface area contributed by atoms with Crippen molar-refractivity contribution in [1.29, 1.82) is 0 Å². The van der Waals surface area contributed by atoms with E-state index < -0.39 is 0 Å². The van der Waals surface area contributed by atoms with Crippen molar-refractivity contribution in [2.24, 2.45) is 0 Å². The molecule has 0 radical (unpaired) electrons. The van der Waals surface area contributed by atoms with Gasteiger partial charge < -0.3 is 14.4 Å². The first-order valence-corrected chi connectivity index (χ1v) is 10.9. The zero-order chi connectivity index (χ0) is 22.0. The van der Waals surface area contributed by atoms with Gasteiger partial charge >= 0.3 is 0 Å². The smallest absolute Gasteiger partial charge is 0.255 e. The van der Waals surface area contributed by atoms with Crippen LogP contribution in [0.25, 0.3) is 5.69 Å². The molecular weight excluding hydrogens is 386 g/mol. The Hall–Kier alpha value is -3.34. The van der Waals surface area contributed by atoms with Gasteiger partial charge in [0.25, 0.3) is 11.8 Å². The van der Waals surface area contributed by atoms with E-state index in [2.05, 4.69) is 29.7 Å². The molecular formula is C26H29N3O2. The Labute approximate surface area is 183 Å². The lowest BCUT2D eigenvalue weighted by Gasteiger charge is -2.22. The second-order valence-corrected chi connectivity index (χ2v) is 8.26. The average Bonchev–Trinajstić information content (AvgIpc) is 2.94. The van der Waals surface area contributed by atoms with Crippen LogP contribution in [0.3, 0.4) is 0 Å². The number of nitrogens with zero attached hydrogens (tertiary/aromatic N) is 3. The van der Waals surface area contributed by atoms with Crippen molar-refractivity contribution in [3.8, 4) is 5.69 Å². The highest BCUT2D eigenvalue weighted by atomic mass is 16.2. The molecule has 5 nitrogen and oxygen atoms in total. The van der Waals surface area contributed by atoms with Gasteiger partial charge in [0.05, 0.1) is 5.56 Å². The summed E-state index contributed by atoms with van der Waals surface area (Å²) in [6.07, 6.45) is 0.779. The summed E-state index contributed by atoms with van der Waals surface area (Å²) in [6, 6.07) is 19.7. The van der Waals surface area contributed by atoms with Crippen molar-refractivity contribution < 1.29 is 9.59 Å². The molecule has 1 aromatic heterocycles. The van der Waals surface area contributed by atoms with Crippen LogP contribution in [0.5, 0.6) is 0 Å². The van der Waals surface area contributed by atoms with Gasteiger partial charge in [-0.2, -0.15) is 0 Å². The maximum atomic E-state index is 13.4. The molecule has 0 aliphatic carbocycles. The first-order valence-electron chi connectivity index (χ1n) is 10.9. The van der Waals surface area contributed by atoms with Gasteiger partial charge in [0.2, 0.25) is 0 Å². The zero-order valence-electron chi connectivity index (χ0n) is 18.5. The van der Waals surface area contributed by atoms with E-state index in [-0.39, 0.29) is 11.8 Å². The predicted octanol–water partition coefficient (Wildman–Crippen LogP) is 4.39. The van der Waals surface area contributed by atoms with Crippen molar-refractivity contribution in [3.05, 3.63) is 88.7 Å². The third kappa shape index (κ3) is 4.26. The first-order chi connectivity index (χ1) is 15.0. The number of hydrogen-bond donors (Lipinski definition) is 0. The first kappa shape index (κ1) is 20.9. The lowest BCUT2D eigenvalue weighted by Crippen LogP contribution is -2.37. The molecule has 0 unspecified atom stereocenters. The molecule has 2 amide bonds. The zero-order valence-corrected chi connectivity index (χ0v) is 18.5. The Balaban J connectivity index is 1.52. The second kappa shape index (κ2) is 8.80. The summed E-state index contributed by atoms with van der Waals surface area (Å²) < 4.78 is 2.14. The summed E-state index contributed by atoms with van der Waals surface area (Å²) in [6.45, 7) is 8.54. The second-order valence-electron chi connectivity index (χ2n) is 8.26. The molecule has 4 rings (SSSR count). The molecule has 0 atom stereocenters. The Bertz CT molecular complexity index is 1100. The van der Waals surface area contributed by atoms with Gasteiger partial charge in [0.1, 0.15) is 0 Å². The summed E-state index contributed by atoms with van der Waals surface area (Å²) in [4.78, 5) is 29.9. The summed E-state index contributed by atoms with van der Waals surface area (Å²) in [7, 11) is 0. The minimum Gasteiger partial charge on any atom is -0.337 e. The fraction of sp³-hybridized carbons (Fsp3) is 0.308. The molecule has 31 heavy (non-hydrogen) atoms. The van der Waals surface area contributed by atoms with E-state index in [0.717, 1.165) is 29.1 Å². The fourth-order valence-electron chi connectivity index (χ4n) is 4.40. The summed E-state index contributed by atoms with van der Waals surface area (Å²) in [5, 5.41) is 0. The number of aromatic nitrogens is 1. The van der Waals surface area contributed by atoms with Crippen molar-refractivity contribution in [2.75, 3.05) is 26.2 Å². The van der Waals surface area contributed by atoms with Crippen molar-refractivity contribution in [3.63, 3.8) is 0 Å². The van der Waals surface area contributed by atoms with Crippen LogP contribution in [-0.4, -0.2) is 52.4 Å². The normalized spacial score (nSPS) is 14.4. The van der Waals surface area contributed by atoms with Gasteiger partial charge in [-0.15, -0.1) is 0 Å². The van der Waals surface area contributed by atoms with E-state index in [4.69, 9.17) is 0 Å². The molecule has 1 aliphatic rings. The van der Waals surface area contributed by atoms with Crippen molar-refractivity contribution >= 4 is 11.8 Å². The van der Waals surface area contributed by atoms with Crippen LogP contribution in [-0.2, 0) is 0 Å². The molecule has 1 fully saturated rings. The van der Waals surface area contributed by atoms with Gasteiger partial charge in [-0.1, -0.05) is 30.3 Å². The number of hydrogen-bond acceptors (Lipinski definition) is 2. The van der Waals surface area contributed by atoms with Crippen LogP contribution in [0.1, 0.15) is 44.1 Å². The number of aryl methyl sites for hydroxylation is 2. The van der Waals surface area contributed by atoms with Gasteiger partial charge in [-0.3, -0.25) is 9.59 Å². The number of rotatable bonds is 3. The maximum absolute atomic E-state index is 13.4. The molecule has 2 heterocycles. The maximum Gasteiger partial charge on any atom is 0.255 e. The minimum absolute atomic E-state index is 0.0347. The van der Waals surface area contributed by atoms with Crippen LogP contribution in [0.2, 0.25) is 0 Å². The van der Waals surface area contributed by atoms with E-state index >= 15 is 0 Å². The van der Waals surface area contributed by atoms with E-state index in [1.54, 1.807) is 0 Å². The third-order valence-corrected chi connectivity index (χ3v) is 6.01. The quantitative estimate of drug-likeness (QED) is 0.637. The lowest BCUT2D eigenvalue weighted by molar-refractivity contribution is 0.0718. The van der Waals surface area contributed by atoms with Crippen LogP contribution in [0.4, 0.5) is 0 Å². The summed E-state index contributed by atoms with van der Waals surface area (Å²) in [5.41, 5.74) is 5.70. The minimum atomic E-state index is 0.0347. The molecule has 3 aromatic rings. The highest BCUT2D eigenvalue weighted by Crippen LogP contribution is 2.23. The highest BCUT2D eigenvalue weighted by Gasteiger charge is 2.26. The van der Waals surface area contributed by atoms with Gasteiger partial charge in [0, 0.05) is 48.8 Å². The largest absolute Gasteiger partial charge is 0.337 e.